The van der Waals surface area contributed by atoms with Gasteiger partial charge in [0.15, 0.2) is 17.3 Å². The van der Waals surface area contributed by atoms with Crippen LogP contribution in [0.5, 0.6) is 11.5 Å². The molecule has 0 bridgehead atoms. The molecule has 1 amide bonds. The van der Waals surface area contributed by atoms with Crippen LogP contribution in [-0.2, 0) is 6.54 Å². The SMILES string of the molecule is Cc1cc(-c2cnc(C)nc2CN(C)C(=O)c2ccc3c(c2)OCO3)on1. The molecule has 27 heavy (non-hydrogen) atoms. The molecule has 0 saturated carbocycles. The van der Waals surface area contributed by atoms with E-state index in [1.165, 1.54) is 0 Å². The van der Waals surface area contributed by atoms with Gasteiger partial charge >= 0.3 is 0 Å². The highest BCUT2D eigenvalue weighted by Crippen LogP contribution is 2.33. The van der Waals surface area contributed by atoms with E-state index in [0.29, 0.717) is 46.4 Å². The zero-order valence-electron chi connectivity index (χ0n) is 15.2. The molecule has 3 aromatic rings. The molecule has 0 fully saturated rings. The maximum absolute atomic E-state index is 12.8. The molecular weight excluding hydrogens is 348 g/mol. The lowest BCUT2D eigenvalue weighted by Crippen LogP contribution is -2.27. The smallest absolute Gasteiger partial charge is 0.254 e. The third kappa shape index (κ3) is 3.33. The normalized spacial score (nSPS) is 12.3. The number of fused-ring (bicyclic) bond motifs is 1. The second-order valence-electron chi connectivity index (χ2n) is 6.34. The topological polar surface area (TPSA) is 90.6 Å². The number of rotatable bonds is 4. The van der Waals surface area contributed by atoms with Crippen LogP contribution in [0.15, 0.2) is 35.0 Å². The molecule has 0 radical (unpaired) electrons. The first-order valence-electron chi connectivity index (χ1n) is 8.42. The van der Waals surface area contributed by atoms with E-state index in [4.69, 9.17) is 14.0 Å². The van der Waals surface area contributed by atoms with Crippen LogP contribution in [0, 0.1) is 13.8 Å². The molecule has 0 spiro atoms. The maximum atomic E-state index is 12.8. The molecule has 138 valence electrons. The van der Waals surface area contributed by atoms with Gasteiger partial charge in [-0.3, -0.25) is 4.79 Å². The van der Waals surface area contributed by atoms with Crippen LogP contribution in [0.1, 0.15) is 27.6 Å². The standard InChI is InChI=1S/C19H18N4O4/c1-11-6-17(27-22-11)14-8-20-12(2)21-15(14)9-23(3)19(24)13-4-5-16-18(7-13)26-10-25-16/h4-8H,9-10H2,1-3H3. The second kappa shape index (κ2) is 6.71. The zero-order chi connectivity index (χ0) is 19.0. The maximum Gasteiger partial charge on any atom is 0.254 e. The van der Waals surface area contributed by atoms with E-state index in [9.17, 15) is 4.79 Å². The monoisotopic (exact) mass is 366 g/mol. The summed E-state index contributed by atoms with van der Waals surface area (Å²) < 4.78 is 16.0. The molecule has 1 aliphatic rings. The highest BCUT2D eigenvalue weighted by atomic mass is 16.7. The van der Waals surface area contributed by atoms with Crippen LogP contribution < -0.4 is 9.47 Å². The van der Waals surface area contributed by atoms with Crippen LogP contribution in [0.3, 0.4) is 0 Å². The number of hydrogen-bond acceptors (Lipinski definition) is 7. The minimum absolute atomic E-state index is 0.149. The number of nitrogens with zero attached hydrogens (tertiary/aromatic N) is 4. The second-order valence-corrected chi connectivity index (χ2v) is 6.34. The van der Waals surface area contributed by atoms with Gasteiger partial charge in [-0.25, -0.2) is 9.97 Å². The molecule has 3 heterocycles. The average molecular weight is 366 g/mol. The number of aryl methyl sites for hydroxylation is 2. The Hall–Kier alpha value is -3.42. The molecule has 0 saturated heterocycles. The molecule has 0 unspecified atom stereocenters. The molecule has 1 aromatic carbocycles. The Morgan fingerprint density at radius 1 is 1.19 bits per heavy atom. The Balaban J connectivity index is 1.60. The van der Waals surface area contributed by atoms with Gasteiger partial charge in [0.1, 0.15) is 5.82 Å². The highest BCUT2D eigenvalue weighted by Gasteiger charge is 2.21. The van der Waals surface area contributed by atoms with E-state index in [0.717, 1.165) is 5.69 Å². The average Bonchev–Trinajstić information content (AvgIpc) is 3.29. The molecule has 0 atom stereocenters. The largest absolute Gasteiger partial charge is 0.454 e. The van der Waals surface area contributed by atoms with Crippen LogP contribution in [-0.4, -0.2) is 39.8 Å². The Labute approximate surface area is 155 Å². The van der Waals surface area contributed by atoms with Crippen molar-refractivity contribution >= 4 is 5.91 Å². The number of amides is 1. The summed E-state index contributed by atoms with van der Waals surface area (Å²) in [5, 5.41) is 3.91. The summed E-state index contributed by atoms with van der Waals surface area (Å²) in [6.45, 7) is 4.12. The summed E-state index contributed by atoms with van der Waals surface area (Å²) in [4.78, 5) is 23.2. The summed E-state index contributed by atoms with van der Waals surface area (Å²) in [6.07, 6.45) is 1.69. The van der Waals surface area contributed by atoms with Crippen LogP contribution in [0.4, 0.5) is 0 Å². The van der Waals surface area contributed by atoms with Crippen molar-refractivity contribution in [1.82, 2.24) is 20.0 Å². The van der Waals surface area contributed by atoms with Crippen molar-refractivity contribution in [2.45, 2.75) is 20.4 Å². The lowest BCUT2D eigenvalue weighted by atomic mass is 10.1. The first kappa shape index (κ1) is 17.0. The van der Waals surface area contributed by atoms with Gasteiger partial charge < -0.3 is 18.9 Å². The quantitative estimate of drug-likeness (QED) is 0.701. The minimum Gasteiger partial charge on any atom is -0.454 e. The van der Waals surface area contributed by atoms with Crippen molar-refractivity contribution in [2.75, 3.05) is 13.8 Å². The van der Waals surface area contributed by atoms with E-state index in [1.807, 2.05) is 13.0 Å². The first-order chi connectivity index (χ1) is 13.0. The summed E-state index contributed by atoms with van der Waals surface area (Å²) in [5.41, 5.74) is 2.69. The summed E-state index contributed by atoms with van der Waals surface area (Å²) >= 11 is 0. The fourth-order valence-electron chi connectivity index (χ4n) is 2.88. The van der Waals surface area contributed by atoms with Crippen molar-refractivity contribution in [2.24, 2.45) is 0 Å². The lowest BCUT2D eigenvalue weighted by molar-refractivity contribution is 0.0783. The number of aromatic nitrogens is 3. The van der Waals surface area contributed by atoms with Crippen molar-refractivity contribution in [1.29, 1.82) is 0 Å². The minimum atomic E-state index is -0.149. The van der Waals surface area contributed by atoms with Gasteiger partial charge in [-0.1, -0.05) is 5.16 Å². The van der Waals surface area contributed by atoms with Crippen molar-refractivity contribution in [3.8, 4) is 22.8 Å². The Morgan fingerprint density at radius 3 is 2.78 bits per heavy atom. The van der Waals surface area contributed by atoms with Gasteiger partial charge in [0.25, 0.3) is 5.91 Å². The predicted molar refractivity (Wildman–Crippen MR) is 95.4 cm³/mol. The number of hydrogen-bond donors (Lipinski definition) is 0. The molecule has 8 nitrogen and oxygen atoms in total. The summed E-state index contributed by atoms with van der Waals surface area (Å²) in [6, 6.07) is 6.96. The first-order valence-corrected chi connectivity index (χ1v) is 8.42. The van der Waals surface area contributed by atoms with Gasteiger partial charge in [-0.2, -0.15) is 0 Å². The van der Waals surface area contributed by atoms with E-state index >= 15 is 0 Å². The lowest BCUT2D eigenvalue weighted by Gasteiger charge is -2.18. The molecule has 4 rings (SSSR count). The van der Waals surface area contributed by atoms with Gasteiger partial charge in [0.05, 0.1) is 23.5 Å². The van der Waals surface area contributed by atoms with E-state index in [2.05, 4.69) is 15.1 Å². The van der Waals surface area contributed by atoms with Gasteiger partial charge in [-0.15, -0.1) is 0 Å². The third-order valence-electron chi connectivity index (χ3n) is 4.23. The zero-order valence-corrected chi connectivity index (χ0v) is 15.2. The van der Waals surface area contributed by atoms with Gasteiger partial charge in [0.2, 0.25) is 6.79 Å². The predicted octanol–water partition coefficient (Wildman–Crippen LogP) is 2.75. The number of carbonyl (C=O) groups is 1. The fourth-order valence-corrected chi connectivity index (χ4v) is 2.88. The third-order valence-corrected chi connectivity index (χ3v) is 4.23. The van der Waals surface area contributed by atoms with E-state index in [1.54, 1.807) is 43.3 Å². The van der Waals surface area contributed by atoms with Crippen LogP contribution in [0.25, 0.3) is 11.3 Å². The summed E-state index contributed by atoms with van der Waals surface area (Å²) in [5.74, 6) is 2.26. The molecule has 8 heteroatoms. The van der Waals surface area contributed by atoms with Crippen molar-refractivity contribution < 1.29 is 18.8 Å². The summed E-state index contributed by atoms with van der Waals surface area (Å²) in [7, 11) is 1.72. The van der Waals surface area contributed by atoms with Crippen molar-refractivity contribution in [3.05, 3.63) is 53.2 Å². The highest BCUT2D eigenvalue weighted by molar-refractivity contribution is 5.94. The van der Waals surface area contributed by atoms with Gasteiger partial charge in [-0.05, 0) is 32.0 Å². The Bertz CT molecular complexity index is 1010. The van der Waals surface area contributed by atoms with Crippen molar-refractivity contribution in [3.63, 3.8) is 0 Å². The van der Waals surface area contributed by atoms with Crippen LogP contribution >= 0.6 is 0 Å². The number of carbonyl (C=O) groups excluding carboxylic acids is 1. The molecular formula is C19H18N4O4. The Kier molecular flexibility index (Phi) is 4.23. The molecule has 0 aliphatic carbocycles. The van der Waals surface area contributed by atoms with E-state index < -0.39 is 0 Å². The molecule has 2 aromatic heterocycles. The van der Waals surface area contributed by atoms with Crippen LogP contribution in [0.2, 0.25) is 0 Å². The Morgan fingerprint density at radius 2 is 2.00 bits per heavy atom. The number of ether oxygens (including phenoxy) is 2. The molecule has 0 N–H and O–H groups in total. The fraction of sp³-hybridized carbons (Fsp3) is 0.263. The molecule has 1 aliphatic heterocycles. The van der Waals surface area contributed by atoms with Gasteiger partial charge in [0, 0.05) is 24.9 Å². The number of benzene rings is 1. The van der Waals surface area contributed by atoms with E-state index in [-0.39, 0.29) is 12.7 Å².